The largest absolute Gasteiger partial charge is 0.362 e. The second-order valence-corrected chi connectivity index (χ2v) is 5.23. The van der Waals surface area contributed by atoms with Gasteiger partial charge in [0.05, 0.1) is 11.9 Å². The van der Waals surface area contributed by atoms with Crippen LogP contribution in [-0.2, 0) is 7.05 Å². The van der Waals surface area contributed by atoms with E-state index in [1.165, 1.54) is 4.68 Å². The molecule has 2 atom stereocenters. The lowest BCUT2D eigenvalue weighted by Gasteiger charge is -2.42. The number of halogens is 1. The van der Waals surface area contributed by atoms with Gasteiger partial charge in [0.2, 0.25) is 0 Å². The highest BCUT2D eigenvalue weighted by Crippen LogP contribution is 2.31. The molecule has 100 valence electrons. The highest BCUT2D eigenvalue weighted by molar-refractivity contribution is 6.33. The van der Waals surface area contributed by atoms with Gasteiger partial charge in [0, 0.05) is 25.7 Å². The van der Waals surface area contributed by atoms with Gasteiger partial charge in [-0.2, -0.15) is 5.10 Å². The Morgan fingerprint density at radius 1 is 1.56 bits per heavy atom. The van der Waals surface area contributed by atoms with Crippen molar-refractivity contribution in [1.82, 2.24) is 9.78 Å². The zero-order chi connectivity index (χ0) is 13.3. The molecule has 2 unspecified atom stereocenters. The Hall–Kier alpha value is -1.07. The molecular formula is C12H19ClN4O. The van der Waals surface area contributed by atoms with Crippen LogP contribution in [0.25, 0.3) is 0 Å². The molecule has 1 fully saturated rings. The third-order valence-electron chi connectivity index (χ3n) is 3.64. The van der Waals surface area contributed by atoms with Gasteiger partial charge in [0.1, 0.15) is 5.02 Å². The molecule has 5 nitrogen and oxygen atoms in total. The van der Waals surface area contributed by atoms with E-state index in [2.05, 4.69) is 16.9 Å². The van der Waals surface area contributed by atoms with E-state index in [0.717, 1.165) is 19.3 Å². The summed E-state index contributed by atoms with van der Waals surface area (Å²) in [4.78, 5) is 14.0. The molecule has 0 aromatic carbocycles. The van der Waals surface area contributed by atoms with E-state index in [9.17, 15) is 4.79 Å². The quantitative estimate of drug-likeness (QED) is 0.875. The molecule has 2 N–H and O–H groups in total. The average molecular weight is 271 g/mol. The lowest BCUT2D eigenvalue weighted by Crippen LogP contribution is -2.49. The second kappa shape index (κ2) is 5.28. The fourth-order valence-corrected chi connectivity index (χ4v) is 2.90. The van der Waals surface area contributed by atoms with Crippen LogP contribution in [0.4, 0.5) is 5.69 Å². The first kappa shape index (κ1) is 13.4. The van der Waals surface area contributed by atoms with Gasteiger partial charge in [-0.15, -0.1) is 0 Å². The minimum absolute atomic E-state index is 0.236. The molecule has 0 aliphatic carbocycles. The maximum absolute atomic E-state index is 11.8. The molecular weight excluding hydrogens is 252 g/mol. The first-order valence-corrected chi connectivity index (χ1v) is 6.64. The molecule has 2 heterocycles. The lowest BCUT2D eigenvalue weighted by atomic mass is 9.96. The van der Waals surface area contributed by atoms with Gasteiger partial charge < -0.3 is 10.6 Å². The smallest absolute Gasteiger partial charge is 0.287 e. The van der Waals surface area contributed by atoms with Crippen LogP contribution in [0.15, 0.2) is 11.0 Å². The van der Waals surface area contributed by atoms with Crippen LogP contribution in [-0.4, -0.2) is 28.4 Å². The SMILES string of the molecule is CC1CCCC(CN)N1c1cnn(C)c(=O)c1Cl. The molecule has 1 aromatic heterocycles. The van der Waals surface area contributed by atoms with Gasteiger partial charge >= 0.3 is 0 Å². The van der Waals surface area contributed by atoms with Gasteiger partial charge in [-0.05, 0) is 26.2 Å². The zero-order valence-electron chi connectivity index (χ0n) is 10.8. The molecule has 1 saturated heterocycles. The Morgan fingerprint density at radius 3 is 2.94 bits per heavy atom. The third kappa shape index (κ3) is 2.24. The second-order valence-electron chi connectivity index (χ2n) is 4.85. The number of anilines is 1. The van der Waals surface area contributed by atoms with Gasteiger partial charge in [-0.1, -0.05) is 11.6 Å². The molecule has 2 rings (SSSR count). The van der Waals surface area contributed by atoms with Gasteiger partial charge in [0.25, 0.3) is 5.56 Å². The summed E-state index contributed by atoms with van der Waals surface area (Å²) in [6.45, 7) is 2.70. The van der Waals surface area contributed by atoms with Crippen molar-refractivity contribution < 1.29 is 0 Å². The Kier molecular flexibility index (Phi) is 3.92. The summed E-state index contributed by atoms with van der Waals surface area (Å²) in [7, 11) is 1.60. The standard InChI is InChI=1S/C12H19ClN4O/c1-8-4-3-5-9(6-14)17(8)10-7-15-16(2)12(18)11(10)13/h7-9H,3-6,14H2,1-2H3. The number of hydrogen-bond donors (Lipinski definition) is 1. The number of piperidine rings is 1. The molecule has 6 heteroatoms. The highest BCUT2D eigenvalue weighted by Gasteiger charge is 2.29. The van der Waals surface area contributed by atoms with Gasteiger partial charge in [-0.25, -0.2) is 4.68 Å². The van der Waals surface area contributed by atoms with Gasteiger partial charge in [0.15, 0.2) is 0 Å². The molecule has 0 amide bonds. The number of rotatable bonds is 2. The van der Waals surface area contributed by atoms with Crippen molar-refractivity contribution in [3.05, 3.63) is 21.6 Å². The van der Waals surface area contributed by atoms with Crippen molar-refractivity contribution in [1.29, 1.82) is 0 Å². The van der Waals surface area contributed by atoms with E-state index in [0.29, 0.717) is 18.3 Å². The van der Waals surface area contributed by atoms with Crippen LogP contribution in [0, 0.1) is 0 Å². The minimum Gasteiger partial charge on any atom is -0.362 e. The summed E-state index contributed by atoms with van der Waals surface area (Å²) in [5.41, 5.74) is 6.27. The molecule has 0 saturated carbocycles. The maximum Gasteiger partial charge on any atom is 0.287 e. The van der Waals surface area contributed by atoms with Crippen LogP contribution in [0.5, 0.6) is 0 Å². The fraction of sp³-hybridized carbons (Fsp3) is 0.667. The average Bonchev–Trinajstić information content (AvgIpc) is 2.37. The van der Waals surface area contributed by atoms with Crippen LogP contribution in [0.2, 0.25) is 5.02 Å². The van der Waals surface area contributed by atoms with Crippen molar-refractivity contribution in [2.24, 2.45) is 12.8 Å². The van der Waals surface area contributed by atoms with Crippen molar-refractivity contribution in [2.45, 2.75) is 38.3 Å². The fourth-order valence-electron chi connectivity index (χ4n) is 2.63. The monoisotopic (exact) mass is 270 g/mol. The maximum atomic E-state index is 11.8. The number of aryl methyl sites for hydroxylation is 1. The van der Waals surface area contributed by atoms with Crippen molar-refractivity contribution in [2.75, 3.05) is 11.4 Å². The lowest BCUT2D eigenvalue weighted by molar-refractivity contribution is 0.400. The summed E-state index contributed by atoms with van der Waals surface area (Å²) in [5, 5.41) is 4.29. The van der Waals surface area contributed by atoms with E-state index in [1.807, 2.05) is 0 Å². The van der Waals surface area contributed by atoms with Crippen molar-refractivity contribution >= 4 is 17.3 Å². The normalized spacial score (nSPS) is 24.3. The summed E-state index contributed by atoms with van der Waals surface area (Å²) in [5.74, 6) is 0. The Balaban J connectivity index is 2.45. The molecule has 1 aliphatic heterocycles. The van der Waals surface area contributed by atoms with Gasteiger partial charge in [-0.3, -0.25) is 4.79 Å². The predicted octanol–water partition coefficient (Wildman–Crippen LogP) is 1.14. The molecule has 0 bridgehead atoms. The molecule has 0 spiro atoms. The number of nitrogens with two attached hydrogens (primary N) is 1. The third-order valence-corrected chi connectivity index (χ3v) is 3.99. The van der Waals surface area contributed by atoms with E-state index in [1.54, 1.807) is 13.2 Å². The topological polar surface area (TPSA) is 64.2 Å². The molecule has 1 aliphatic rings. The summed E-state index contributed by atoms with van der Waals surface area (Å²) < 4.78 is 1.25. The molecule has 0 radical (unpaired) electrons. The van der Waals surface area contributed by atoms with Crippen LogP contribution >= 0.6 is 11.6 Å². The molecule has 1 aromatic rings. The zero-order valence-corrected chi connectivity index (χ0v) is 11.5. The van der Waals surface area contributed by atoms with Crippen molar-refractivity contribution in [3.8, 4) is 0 Å². The summed E-state index contributed by atoms with van der Waals surface area (Å²) in [6.07, 6.45) is 4.94. The number of aromatic nitrogens is 2. The van der Waals surface area contributed by atoms with E-state index in [-0.39, 0.29) is 16.6 Å². The van der Waals surface area contributed by atoms with E-state index < -0.39 is 0 Å². The summed E-state index contributed by atoms with van der Waals surface area (Å²) in [6, 6.07) is 0.568. The first-order valence-electron chi connectivity index (χ1n) is 6.26. The summed E-state index contributed by atoms with van der Waals surface area (Å²) >= 11 is 6.16. The Morgan fingerprint density at radius 2 is 2.28 bits per heavy atom. The highest BCUT2D eigenvalue weighted by atomic mass is 35.5. The van der Waals surface area contributed by atoms with E-state index in [4.69, 9.17) is 17.3 Å². The number of nitrogens with zero attached hydrogens (tertiary/aromatic N) is 3. The van der Waals surface area contributed by atoms with Crippen molar-refractivity contribution in [3.63, 3.8) is 0 Å². The van der Waals surface area contributed by atoms with Crippen LogP contribution < -0.4 is 16.2 Å². The number of hydrogen-bond acceptors (Lipinski definition) is 4. The molecule has 18 heavy (non-hydrogen) atoms. The Bertz CT molecular complexity index is 487. The minimum atomic E-state index is -0.261. The Labute approximate surface area is 112 Å². The van der Waals surface area contributed by atoms with E-state index >= 15 is 0 Å². The van der Waals surface area contributed by atoms with Crippen LogP contribution in [0.1, 0.15) is 26.2 Å². The predicted molar refractivity (Wildman–Crippen MR) is 73.1 cm³/mol. The van der Waals surface area contributed by atoms with Crippen LogP contribution in [0.3, 0.4) is 0 Å². The first-order chi connectivity index (χ1) is 8.56.